The molecule has 3 fully saturated rings. The Morgan fingerprint density at radius 1 is 1.11 bits per heavy atom. The molecule has 142 valence electrons. The fourth-order valence-corrected chi connectivity index (χ4v) is 3.94. The van der Waals surface area contributed by atoms with Crippen LogP contribution in [-0.2, 0) is 11.3 Å². The summed E-state index contributed by atoms with van der Waals surface area (Å²) in [6, 6.07) is 10.6. The smallest absolute Gasteiger partial charge is 0.410 e. The number of hydrogen-bond acceptors (Lipinski definition) is 5. The highest BCUT2D eigenvalue weighted by molar-refractivity contribution is 5.68. The van der Waals surface area contributed by atoms with Gasteiger partial charge in [0.1, 0.15) is 6.10 Å². The van der Waals surface area contributed by atoms with Crippen LogP contribution in [0, 0.1) is 0 Å². The third-order valence-corrected chi connectivity index (χ3v) is 5.76. The first-order chi connectivity index (χ1) is 13.2. The van der Waals surface area contributed by atoms with Gasteiger partial charge < -0.3 is 9.64 Å². The monoisotopic (exact) mass is 367 g/mol. The van der Waals surface area contributed by atoms with Gasteiger partial charge in [0, 0.05) is 44.8 Å². The van der Waals surface area contributed by atoms with Crippen LogP contribution >= 0.6 is 0 Å². The number of nitrogens with zero attached hydrogens (tertiary/aromatic N) is 5. The lowest BCUT2D eigenvalue weighted by atomic mass is 10.1. The van der Waals surface area contributed by atoms with E-state index in [4.69, 9.17) is 4.74 Å². The van der Waals surface area contributed by atoms with Crippen molar-refractivity contribution in [2.45, 2.75) is 43.9 Å². The SMILES string of the molecule is O=C(OC1CN(Cc2ccccc2)C1)N1CCC(n2cc(C3CC3)nn2)C1. The maximum absolute atomic E-state index is 12.5. The van der Waals surface area contributed by atoms with Crippen molar-refractivity contribution in [1.82, 2.24) is 24.8 Å². The largest absolute Gasteiger partial charge is 0.443 e. The van der Waals surface area contributed by atoms with Gasteiger partial charge >= 0.3 is 6.09 Å². The minimum Gasteiger partial charge on any atom is -0.443 e. The molecule has 0 bridgehead atoms. The summed E-state index contributed by atoms with van der Waals surface area (Å²) in [4.78, 5) is 16.6. The highest BCUT2D eigenvalue weighted by Crippen LogP contribution is 2.39. The third kappa shape index (κ3) is 3.69. The number of aromatic nitrogens is 3. The summed E-state index contributed by atoms with van der Waals surface area (Å²) in [5, 5.41) is 8.55. The minimum absolute atomic E-state index is 0.00750. The van der Waals surface area contributed by atoms with Gasteiger partial charge in [-0.15, -0.1) is 5.10 Å². The molecule has 27 heavy (non-hydrogen) atoms. The first kappa shape index (κ1) is 16.7. The summed E-state index contributed by atoms with van der Waals surface area (Å²) in [7, 11) is 0. The molecule has 1 amide bonds. The van der Waals surface area contributed by atoms with Crippen molar-refractivity contribution in [3.05, 3.63) is 47.8 Å². The number of likely N-dealkylation sites (tertiary alicyclic amines) is 2. The fourth-order valence-electron chi connectivity index (χ4n) is 3.94. The first-order valence-corrected chi connectivity index (χ1v) is 9.88. The predicted octanol–water partition coefficient (Wildman–Crippen LogP) is 2.42. The van der Waals surface area contributed by atoms with Crippen LogP contribution in [0.2, 0.25) is 0 Å². The lowest BCUT2D eigenvalue weighted by molar-refractivity contribution is -0.0284. The highest BCUT2D eigenvalue weighted by Gasteiger charge is 2.35. The summed E-state index contributed by atoms with van der Waals surface area (Å²) in [6.45, 7) is 3.92. The molecule has 1 aromatic carbocycles. The Morgan fingerprint density at radius 3 is 2.70 bits per heavy atom. The van der Waals surface area contributed by atoms with Crippen LogP contribution in [0.5, 0.6) is 0 Å². The van der Waals surface area contributed by atoms with E-state index < -0.39 is 0 Å². The van der Waals surface area contributed by atoms with Gasteiger partial charge in [-0.25, -0.2) is 9.48 Å². The number of hydrogen-bond donors (Lipinski definition) is 0. The number of benzene rings is 1. The van der Waals surface area contributed by atoms with Crippen LogP contribution in [0.15, 0.2) is 36.5 Å². The summed E-state index contributed by atoms with van der Waals surface area (Å²) < 4.78 is 7.61. The van der Waals surface area contributed by atoms with Crippen molar-refractivity contribution in [2.75, 3.05) is 26.2 Å². The van der Waals surface area contributed by atoms with Crippen LogP contribution in [0.1, 0.15) is 42.5 Å². The minimum atomic E-state index is -0.190. The quantitative estimate of drug-likeness (QED) is 0.812. The summed E-state index contributed by atoms with van der Waals surface area (Å²) in [5.41, 5.74) is 2.40. The van der Waals surface area contributed by atoms with E-state index in [9.17, 15) is 4.79 Å². The zero-order chi connectivity index (χ0) is 18.2. The zero-order valence-electron chi connectivity index (χ0n) is 15.4. The Balaban J connectivity index is 1.07. The van der Waals surface area contributed by atoms with Crippen molar-refractivity contribution in [3.63, 3.8) is 0 Å². The second-order valence-electron chi connectivity index (χ2n) is 7.97. The predicted molar refractivity (Wildman–Crippen MR) is 99.2 cm³/mol. The molecule has 0 radical (unpaired) electrons. The van der Waals surface area contributed by atoms with Crippen molar-refractivity contribution in [3.8, 4) is 0 Å². The van der Waals surface area contributed by atoms with Crippen molar-refractivity contribution in [1.29, 1.82) is 0 Å². The molecule has 2 saturated heterocycles. The van der Waals surface area contributed by atoms with Gasteiger partial charge in [-0.1, -0.05) is 35.5 Å². The topological polar surface area (TPSA) is 63.5 Å². The average molecular weight is 367 g/mol. The van der Waals surface area contributed by atoms with Gasteiger partial charge in [0.05, 0.1) is 11.7 Å². The third-order valence-electron chi connectivity index (χ3n) is 5.76. The van der Waals surface area contributed by atoms with Gasteiger partial charge in [0.2, 0.25) is 0 Å². The molecule has 1 atom stereocenters. The number of ether oxygens (including phenoxy) is 1. The van der Waals surface area contributed by atoms with Gasteiger partial charge in [0.25, 0.3) is 0 Å². The highest BCUT2D eigenvalue weighted by atomic mass is 16.6. The summed E-state index contributed by atoms with van der Waals surface area (Å²) in [6.07, 6.45) is 5.24. The molecular formula is C20H25N5O2. The van der Waals surface area contributed by atoms with E-state index in [-0.39, 0.29) is 18.2 Å². The number of carbonyl (C=O) groups excluding carboxylic acids is 1. The molecule has 0 spiro atoms. The van der Waals surface area contributed by atoms with Gasteiger partial charge in [-0.2, -0.15) is 0 Å². The zero-order valence-corrected chi connectivity index (χ0v) is 15.4. The van der Waals surface area contributed by atoms with Crippen LogP contribution < -0.4 is 0 Å². The second kappa shape index (κ2) is 6.96. The van der Waals surface area contributed by atoms with E-state index in [0.29, 0.717) is 12.5 Å². The summed E-state index contributed by atoms with van der Waals surface area (Å²) in [5.74, 6) is 0.610. The van der Waals surface area contributed by atoms with E-state index in [1.807, 2.05) is 15.6 Å². The molecule has 7 nitrogen and oxygen atoms in total. The molecule has 3 heterocycles. The van der Waals surface area contributed by atoms with Crippen LogP contribution in [0.3, 0.4) is 0 Å². The summed E-state index contributed by atoms with van der Waals surface area (Å²) >= 11 is 0. The van der Waals surface area contributed by atoms with E-state index in [2.05, 4.69) is 45.7 Å². The lowest BCUT2D eigenvalue weighted by Crippen LogP contribution is -2.53. The Hall–Kier alpha value is -2.41. The van der Waals surface area contributed by atoms with Gasteiger partial charge in [-0.3, -0.25) is 4.90 Å². The average Bonchev–Trinajstić information content (AvgIpc) is 3.18. The van der Waals surface area contributed by atoms with Crippen molar-refractivity contribution < 1.29 is 9.53 Å². The molecule has 1 aromatic heterocycles. The Morgan fingerprint density at radius 2 is 1.93 bits per heavy atom. The van der Waals surface area contributed by atoms with Crippen LogP contribution in [-0.4, -0.2) is 63.2 Å². The Bertz CT molecular complexity index is 798. The first-order valence-electron chi connectivity index (χ1n) is 9.88. The van der Waals surface area contributed by atoms with E-state index in [1.54, 1.807) is 0 Å². The van der Waals surface area contributed by atoms with Crippen molar-refractivity contribution in [2.24, 2.45) is 0 Å². The molecule has 1 saturated carbocycles. The lowest BCUT2D eigenvalue weighted by Gasteiger charge is -2.39. The van der Waals surface area contributed by atoms with E-state index in [1.165, 1.54) is 18.4 Å². The fraction of sp³-hybridized carbons (Fsp3) is 0.550. The van der Waals surface area contributed by atoms with Gasteiger partial charge in [0.15, 0.2) is 0 Å². The molecule has 0 N–H and O–H groups in total. The Kier molecular flexibility index (Phi) is 4.32. The number of carbonyl (C=O) groups is 1. The van der Waals surface area contributed by atoms with Crippen LogP contribution in [0.4, 0.5) is 4.79 Å². The molecule has 1 aliphatic carbocycles. The molecule has 3 aliphatic rings. The maximum atomic E-state index is 12.5. The second-order valence-corrected chi connectivity index (χ2v) is 7.97. The maximum Gasteiger partial charge on any atom is 0.410 e. The van der Waals surface area contributed by atoms with E-state index in [0.717, 1.165) is 38.3 Å². The molecule has 5 rings (SSSR count). The molecular weight excluding hydrogens is 342 g/mol. The van der Waals surface area contributed by atoms with Crippen molar-refractivity contribution >= 4 is 6.09 Å². The Labute approximate surface area is 158 Å². The van der Waals surface area contributed by atoms with E-state index >= 15 is 0 Å². The molecule has 2 aliphatic heterocycles. The molecule has 2 aromatic rings. The standard InChI is InChI=1S/C20H25N5O2/c26-20(27-18-12-23(13-18)10-15-4-2-1-3-5-15)24-9-8-17(11-24)25-14-19(21-22-25)16-6-7-16/h1-5,14,16-18H,6-13H2. The molecule has 7 heteroatoms. The van der Waals surface area contributed by atoms with Gasteiger partial charge in [-0.05, 0) is 24.8 Å². The van der Waals surface area contributed by atoms with Crippen LogP contribution in [0.25, 0.3) is 0 Å². The number of rotatable bonds is 5. The number of amides is 1. The molecule has 1 unspecified atom stereocenters. The normalized spacial score (nSPS) is 23.4.